The smallest absolute Gasteiger partial charge is 0.331 e. The number of carbonyl (C=O) groups is 2. The van der Waals surface area contributed by atoms with Crippen molar-refractivity contribution in [2.45, 2.75) is 32.8 Å². The van der Waals surface area contributed by atoms with Gasteiger partial charge in [0.1, 0.15) is 11.5 Å². The van der Waals surface area contributed by atoms with Crippen LogP contribution in [0.2, 0.25) is 0 Å². The summed E-state index contributed by atoms with van der Waals surface area (Å²) in [6.45, 7) is 3.83. The van der Waals surface area contributed by atoms with Gasteiger partial charge < -0.3 is 19.5 Å². The number of amides is 1. The van der Waals surface area contributed by atoms with Crippen molar-refractivity contribution in [3.05, 3.63) is 30.4 Å². The van der Waals surface area contributed by atoms with Gasteiger partial charge in [-0.05, 0) is 25.5 Å². The van der Waals surface area contributed by atoms with E-state index in [-0.39, 0.29) is 6.10 Å². The minimum absolute atomic E-state index is 0.165. The molecule has 0 spiro atoms. The highest BCUT2D eigenvalue weighted by Gasteiger charge is 2.09. The lowest BCUT2D eigenvalue weighted by molar-refractivity contribution is -0.142. The highest BCUT2D eigenvalue weighted by molar-refractivity contribution is 6.03. The van der Waals surface area contributed by atoms with Crippen molar-refractivity contribution in [1.29, 1.82) is 0 Å². The topological polar surface area (TPSA) is 73.9 Å². The molecule has 23 heavy (non-hydrogen) atoms. The highest BCUT2D eigenvalue weighted by atomic mass is 16.5. The summed E-state index contributed by atoms with van der Waals surface area (Å²) in [7, 11) is 3.04. The predicted molar refractivity (Wildman–Crippen MR) is 87.8 cm³/mol. The van der Waals surface area contributed by atoms with Gasteiger partial charge in [0.05, 0.1) is 26.0 Å². The number of anilines is 1. The van der Waals surface area contributed by atoms with Gasteiger partial charge in [0.2, 0.25) is 5.91 Å². The quantitative estimate of drug-likeness (QED) is 0.588. The molecule has 1 aromatic carbocycles. The molecule has 0 aliphatic carbocycles. The molecule has 0 fully saturated rings. The van der Waals surface area contributed by atoms with Crippen molar-refractivity contribution in [2.75, 3.05) is 19.5 Å². The molecule has 1 aromatic rings. The van der Waals surface area contributed by atoms with Crippen LogP contribution in [0.25, 0.3) is 0 Å². The largest absolute Gasteiger partial charge is 0.497 e. The number of ether oxygens (including phenoxy) is 3. The normalized spacial score (nSPS) is 11.8. The SMILES string of the molecule is CCCC(C)OC(=O)/C=C/C(=O)Nc1ccc(OC)cc1OC. The first-order valence-corrected chi connectivity index (χ1v) is 7.41. The number of hydrogen-bond donors (Lipinski definition) is 1. The van der Waals surface area contributed by atoms with Crippen molar-refractivity contribution >= 4 is 17.6 Å². The van der Waals surface area contributed by atoms with Crippen LogP contribution in [0.15, 0.2) is 30.4 Å². The molecule has 1 unspecified atom stereocenters. The maximum atomic E-state index is 11.9. The summed E-state index contributed by atoms with van der Waals surface area (Å²) >= 11 is 0. The van der Waals surface area contributed by atoms with Crippen LogP contribution in [0.5, 0.6) is 11.5 Å². The summed E-state index contributed by atoms with van der Waals surface area (Å²) in [5.74, 6) is 0.0884. The van der Waals surface area contributed by atoms with E-state index in [2.05, 4.69) is 5.32 Å². The monoisotopic (exact) mass is 321 g/mol. The third-order valence-electron chi connectivity index (χ3n) is 3.05. The predicted octanol–water partition coefficient (Wildman–Crippen LogP) is 2.93. The zero-order valence-electron chi connectivity index (χ0n) is 13.9. The Morgan fingerprint density at radius 2 is 1.96 bits per heavy atom. The number of nitrogens with one attached hydrogen (secondary N) is 1. The average molecular weight is 321 g/mol. The molecule has 1 rings (SSSR count). The molecule has 126 valence electrons. The summed E-state index contributed by atoms with van der Waals surface area (Å²) in [5.41, 5.74) is 0.482. The number of esters is 1. The Labute approximate surface area is 136 Å². The highest BCUT2D eigenvalue weighted by Crippen LogP contribution is 2.28. The van der Waals surface area contributed by atoms with Crippen LogP contribution >= 0.6 is 0 Å². The minimum atomic E-state index is -0.539. The van der Waals surface area contributed by atoms with Gasteiger partial charge in [-0.3, -0.25) is 4.79 Å². The van der Waals surface area contributed by atoms with E-state index in [1.807, 2.05) is 13.8 Å². The molecular formula is C17H23NO5. The molecule has 1 amide bonds. The molecule has 6 nitrogen and oxygen atoms in total. The standard InChI is InChI=1S/C17H23NO5/c1-5-6-12(2)23-17(20)10-9-16(19)18-14-8-7-13(21-3)11-15(14)22-4/h7-12H,5-6H2,1-4H3,(H,18,19)/b10-9+. The van der Waals surface area contributed by atoms with Gasteiger partial charge in [0.15, 0.2) is 0 Å². The van der Waals surface area contributed by atoms with E-state index in [4.69, 9.17) is 14.2 Å². The van der Waals surface area contributed by atoms with Gasteiger partial charge >= 0.3 is 5.97 Å². The lowest BCUT2D eigenvalue weighted by atomic mass is 10.2. The molecule has 0 aromatic heterocycles. The van der Waals surface area contributed by atoms with Crippen LogP contribution in [0.1, 0.15) is 26.7 Å². The molecule has 0 aliphatic heterocycles. The number of carbonyl (C=O) groups excluding carboxylic acids is 2. The van der Waals surface area contributed by atoms with Gasteiger partial charge in [-0.1, -0.05) is 13.3 Å². The fourth-order valence-electron chi connectivity index (χ4n) is 1.92. The van der Waals surface area contributed by atoms with Crippen LogP contribution in [0, 0.1) is 0 Å². The maximum absolute atomic E-state index is 11.9. The van der Waals surface area contributed by atoms with Gasteiger partial charge in [-0.25, -0.2) is 4.79 Å². The summed E-state index contributed by atoms with van der Waals surface area (Å²) in [5, 5.41) is 2.63. The zero-order valence-corrected chi connectivity index (χ0v) is 13.9. The van der Waals surface area contributed by atoms with Crippen molar-refractivity contribution < 1.29 is 23.8 Å². The van der Waals surface area contributed by atoms with Crippen molar-refractivity contribution in [3.63, 3.8) is 0 Å². The minimum Gasteiger partial charge on any atom is -0.497 e. The summed E-state index contributed by atoms with van der Waals surface area (Å²) < 4.78 is 15.4. The molecule has 0 radical (unpaired) electrons. The van der Waals surface area contributed by atoms with E-state index in [0.29, 0.717) is 17.2 Å². The second-order valence-corrected chi connectivity index (χ2v) is 4.92. The van der Waals surface area contributed by atoms with E-state index >= 15 is 0 Å². The Morgan fingerprint density at radius 1 is 1.22 bits per heavy atom. The van der Waals surface area contributed by atoms with E-state index < -0.39 is 11.9 Å². The van der Waals surface area contributed by atoms with Crippen molar-refractivity contribution in [2.24, 2.45) is 0 Å². The molecule has 0 heterocycles. The first kappa shape index (κ1) is 18.5. The van der Waals surface area contributed by atoms with Crippen LogP contribution in [-0.4, -0.2) is 32.2 Å². The Balaban J connectivity index is 2.62. The lowest BCUT2D eigenvalue weighted by Crippen LogP contribution is -2.14. The number of hydrogen-bond acceptors (Lipinski definition) is 5. The molecular weight excluding hydrogens is 298 g/mol. The first-order chi connectivity index (χ1) is 11.0. The van der Waals surface area contributed by atoms with Gasteiger partial charge in [-0.2, -0.15) is 0 Å². The Hall–Kier alpha value is -2.50. The fourth-order valence-corrected chi connectivity index (χ4v) is 1.92. The average Bonchev–Trinajstić information content (AvgIpc) is 2.53. The molecule has 6 heteroatoms. The number of methoxy groups -OCH3 is 2. The Kier molecular flexibility index (Phi) is 7.66. The molecule has 1 N–H and O–H groups in total. The van der Waals surface area contributed by atoms with E-state index in [0.717, 1.165) is 25.0 Å². The Bertz CT molecular complexity index is 568. The van der Waals surface area contributed by atoms with Crippen LogP contribution in [0.4, 0.5) is 5.69 Å². The fraction of sp³-hybridized carbons (Fsp3) is 0.412. The van der Waals surface area contributed by atoms with Gasteiger partial charge in [0, 0.05) is 18.2 Å². The molecule has 0 aliphatic rings. The molecule has 0 saturated heterocycles. The molecule has 0 bridgehead atoms. The van der Waals surface area contributed by atoms with E-state index in [1.165, 1.54) is 7.11 Å². The second-order valence-electron chi connectivity index (χ2n) is 4.92. The Morgan fingerprint density at radius 3 is 2.57 bits per heavy atom. The van der Waals surface area contributed by atoms with Crippen LogP contribution in [0.3, 0.4) is 0 Å². The molecule has 1 atom stereocenters. The first-order valence-electron chi connectivity index (χ1n) is 7.41. The molecule has 0 saturated carbocycles. The van der Waals surface area contributed by atoms with Crippen molar-refractivity contribution in [1.82, 2.24) is 0 Å². The van der Waals surface area contributed by atoms with Gasteiger partial charge in [-0.15, -0.1) is 0 Å². The van der Waals surface area contributed by atoms with Crippen molar-refractivity contribution in [3.8, 4) is 11.5 Å². The summed E-state index contributed by atoms with van der Waals surface area (Å²) in [6.07, 6.45) is 3.79. The van der Waals surface area contributed by atoms with Gasteiger partial charge in [0.25, 0.3) is 0 Å². The van der Waals surface area contributed by atoms with Crippen LogP contribution in [-0.2, 0) is 14.3 Å². The lowest BCUT2D eigenvalue weighted by Gasteiger charge is -2.11. The second kappa shape index (κ2) is 9.50. The van der Waals surface area contributed by atoms with E-state index in [9.17, 15) is 9.59 Å². The van der Waals surface area contributed by atoms with Crippen LogP contribution < -0.4 is 14.8 Å². The summed E-state index contributed by atoms with van der Waals surface area (Å²) in [4.78, 5) is 23.4. The number of rotatable bonds is 8. The maximum Gasteiger partial charge on any atom is 0.331 e. The zero-order chi connectivity index (χ0) is 17.2. The third-order valence-corrected chi connectivity index (χ3v) is 3.05. The van der Waals surface area contributed by atoms with E-state index in [1.54, 1.807) is 25.3 Å². The summed E-state index contributed by atoms with van der Waals surface area (Å²) in [6, 6.07) is 5.01. The third kappa shape index (κ3) is 6.42. The number of benzene rings is 1.